The molecule has 0 fully saturated rings. The molecule has 62 valence electrons. The van der Waals surface area contributed by atoms with Crippen molar-refractivity contribution in [2.24, 2.45) is 5.10 Å². The number of pyridine rings is 2. The molecule has 0 unspecified atom stereocenters. The molecule has 13 heavy (non-hydrogen) atoms. The fraction of sp³-hybridized carbons (Fsp3) is 0. The van der Waals surface area contributed by atoms with Crippen LogP contribution in [0, 0.1) is 0 Å². The molecule has 0 aliphatic carbocycles. The summed E-state index contributed by atoms with van der Waals surface area (Å²) in [5, 5.41) is 5.02. The lowest BCUT2D eigenvalue weighted by molar-refractivity contribution is 1.23. The SMILES string of the molecule is C1=NNc2nccc3nccc1c23. The maximum atomic E-state index is 4.24. The number of hydrogen-bond acceptors (Lipinski definition) is 4. The second kappa shape index (κ2) is 2.26. The Labute approximate surface area is 74.3 Å². The number of nitrogens with one attached hydrogen (secondary N) is 1. The highest BCUT2D eigenvalue weighted by molar-refractivity contribution is 6.05. The van der Waals surface area contributed by atoms with Crippen LogP contribution >= 0.6 is 0 Å². The summed E-state index contributed by atoms with van der Waals surface area (Å²) in [6.07, 6.45) is 5.28. The van der Waals surface area contributed by atoms with Gasteiger partial charge in [0, 0.05) is 18.0 Å². The van der Waals surface area contributed by atoms with Gasteiger partial charge in [-0.2, -0.15) is 5.10 Å². The highest BCUT2D eigenvalue weighted by atomic mass is 15.3. The van der Waals surface area contributed by atoms with Crippen molar-refractivity contribution in [1.82, 2.24) is 9.97 Å². The topological polar surface area (TPSA) is 50.2 Å². The first-order valence-electron chi connectivity index (χ1n) is 3.98. The molecule has 0 spiro atoms. The maximum absolute atomic E-state index is 4.24. The molecule has 0 saturated heterocycles. The highest BCUT2D eigenvalue weighted by Crippen LogP contribution is 2.24. The normalized spacial score (nSPS) is 12.9. The lowest BCUT2D eigenvalue weighted by Gasteiger charge is -2.10. The van der Waals surface area contributed by atoms with Crippen LogP contribution in [-0.4, -0.2) is 16.2 Å². The van der Waals surface area contributed by atoms with Crippen molar-refractivity contribution in [3.05, 3.63) is 30.1 Å². The average molecular weight is 170 g/mol. The van der Waals surface area contributed by atoms with Crippen molar-refractivity contribution in [3.8, 4) is 0 Å². The molecule has 3 heterocycles. The summed E-state index contributed by atoms with van der Waals surface area (Å²) in [5.41, 5.74) is 4.85. The van der Waals surface area contributed by atoms with Gasteiger partial charge in [-0.1, -0.05) is 0 Å². The van der Waals surface area contributed by atoms with E-state index < -0.39 is 0 Å². The standard InChI is InChI=1S/C9H6N4/c1-3-10-7-2-4-11-9-8(7)6(1)5-12-13-9/h1-5H,(H,11,13). The molecule has 1 aliphatic rings. The van der Waals surface area contributed by atoms with E-state index in [9.17, 15) is 0 Å². The number of rotatable bonds is 0. The summed E-state index contributed by atoms with van der Waals surface area (Å²) < 4.78 is 0. The van der Waals surface area contributed by atoms with E-state index in [4.69, 9.17) is 0 Å². The van der Waals surface area contributed by atoms with Gasteiger partial charge in [-0.15, -0.1) is 0 Å². The van der Waals surface area contributed by atoms with Gasteiger partial charge in [-0.05, 0) is 12.1 Å². The van der Waals surface area contributed by atoms with Crippen molar-refractivity contribution in [1.29, 1.82) is 0 Å². The molecular formula is C9H6N4. The molecule has 0 bridgehead atoms. The van der Waals surface area contributed by atoms with Crippen molar-refractivity contribution in [2.45, 2.75) is 0 Å². The third-order valence-electron chi connectivity index (χ3n) is 2.06. The van der Waals surface area contributed by atoms with Gasteiger partial charge in [0.2, 0.25) is 0 Å². The Hall–Kier alpha value is -1.97. The molecule has 2 aromatic heterocycles. The van der Waals surface area contributed by atoms with Crippen LogP contribution in [0.4, 0.5) is 5.82 Å². The van der Waals surface area contributed by atoms with Crippen LogP contribution in [0.1, 0.15) is 5.56 Å². The van der Waals surface area contributed by atoms with Gasteiger partial charge in [-0.3, -0.25) is 10.4 Å². The van der Waals surface area contributed by atoms with Crippen molar-refractivity contribution in [3.63, 3.8) is 0 Å². The quantitative estimate of drug-likeness (QED) is 0.650. The van der Waals surface area contributed by atoms with Gasteiger partial charge in [0.1, 0.15) is 0 Å². The zero-order chi connectivity index (χ0) is 8.67. The van der Waals surface area contributed by atoms with E-state index in [2.05, 4.69) is 20.5 Å². The fourth-order valence-corrected chi connectivity index (χ4v) is 1.48. The van der Waals surface area contributed by atoms with E-state index in [1.165, 1.54) is 0 Å². The summed E-state index contributed by atoms with van der Waals surface area (Å²) in [6.45, 7) is 0. The van der Waals surface area contributed by atoms with Crippen LogP contribution in [0.5, 0.6) is 0 Å². The number of anilines is 1. The second-order valence-corrected chi connectivity index (χ2v) is 2.82. The summed E-state index contributed by atoms with van der Waals surface area (Å²) in [4.78, 5) is 8.42. The van der Waals surface area contributed by atoms with E-state index >= 15 is 0 Å². The first-order valence-corrected chi connectivity index (χ1v) is 3.98. The maximum Gasteiger partial charge on any atom is 0.156 e. The Morgan fingerprint density at radius 1 is 1.08 bits per heavy atom. The van der Waals surface area contributed by atoms with Crippen LogP contribution in [0.25, 0.3) is 10.9 Å². The van der Waals surface area contributed by atoms with Gasteiger partial charge in [0.15, 0.2) is 5.82 Å². The van der Waals surface area contributed by atoms with Crippen LogP contribution in [0.15, 0.2) is 29.6 Å². The minimum Gasteiger partial charge on any atom is -0.261 e. The largest absolute Gasteiger partial charge is 0.261 e. The minimum absolute atomic E-state index is 0.781. The summed E-state index contributed by atoms with van der Waals surface area (Å²) in [6, 6.07) is 3.82. The molecule has 0 amide bonds. The smallest absolute Gasteiger partial charge is 0.156 e. The van der Waals surface area contributed by atoms with Gasteiger partial charge in [-0.25, -0.2) is 4.98 Å². The molecule has 0 aromatic carbocycles. The summed E-state index contributed by atoms with van der Waals surface area (Å²) in [7, 11) is 0. The van der Waals surface area contributed by atoms with Crippen LogP contribution in [0.2, 0.25) is 0 Å². The van der Waals surface area contributed by atoms with Crippen molar-refractivity contribution < 1.29 is 0 Å². The predicted molar refractivity (Wildman–Crippen MR) is 50.8 cm³/mol. The molecule has 0 radical (unpaired) electrons. The van der Waals surface area contributed by atoms with Gasteiger partial charge in [0.25, 0.3) is 0 Å². The molecule has 3 rings (SSSR count). The molecule has 0 atom stereocenters. The average Bonchev–Trinajstić information content (AvgIpc) is 2.19. The van der Waals surface area contributed by atoms with E-state index in [1.54, 1.807) is 18.6 Å². The Bertz CT molecular complexity index is 499. The first kappa shape index (κ1) is 6.54. The number of nitrogens with zero attached hydrogens (tertiary/aromatic N) is 3. The third-order valence-corrected chi connectivity index (χ3v) is 2.06. The molecule has 4 heteroatoms. The lowest BCUT2D eigenvalue weighted by Crippen LogP contribution is -2.02. The van der Waals surface area contributed by atoms with E-state index in [0.717, 1.165) is 22.3 Å². The molecule has 1 aliphatic heterocycles. The Morgan fingerprint density at radius 3 is 3.00 bits per heavy atom. The second-order valence-electron chi connectivity index (χ2n) is 2.82. The zero-order valence-corrected chi connectivity index (χ0v) is 6.73. The Morgan fingerprint density at radius 2 is 2.00 bits per heavy atom. The monoisotopic (exact) mass is 170 g/mol. The third kappa shape index (κ3) is 0.823. The predicted octanol–water partition coefficient (Wildman–Crippen LogP) is 1.39. The molecule has 2 aromatic rings. The van der Waals surface area contributed by atoms with E-state index in [0.29, 0.717) is 0 Å². The summed E-state index contributed by atoms with van der Waals surface area (Å²) in [5.74, 6) is 0.781. The minimum atomic E-state index is 0.781. The fourth-order valence-electron chi connectivity index (χ4n) is 1.48. The molecular weight excluding hydrogens is 164 g/mol. The Kier molecular flexibility index (Phi) is 1.14. The molecule has 4 nitrogen and oxygen atoms in total. The highest BCUT2D eigenvalue weighted by Gasteiger charge is 2.09. The van der Waals surface area contributed by atoms with Crippen LogP contribution in [-0.2, 0) is 0 Å². The number of hydrogen-bond donors (Lipinski definition) is 1. The molecule has 1 N–H and O–H groups in total. The number of hydrazone groups is 1. The van der Waals surface area contributed by atoms with Gasteiger partial charge >= 0.3 is 0 Å². The Balaban J connectivity index is 2.56. The van der Waals surface area contributed by atoms with E-state index in [1.807, 2.05) is 12.1 Å². The van der Waals surface area contributed by atoms with Crippen LogP contribution < -0.4 is 5.43 Å². The van der Waals surface area contributed by atoms with E-state index in [-0.39, 0.29) is 0 Å². The lowest BCUT2D eigenvalue weighted by atomic mass is 10.1. The summed E-state index contributed by atoms with van der Waals surface area (Å²) >= 11 is 0. The van der Waals surface area contributed by atoms with Crippen molar-refractivity contribution >= 4 is 22.9 Å². The van der Waals surface area contributed by atoms with Crippen LogP contribution in [0.3, 0.4) is 0 Å². The van der Waals surface area contributed by atoms with Gasteiger partial charge in [0.05, 0.1) is 17.1 Å². The zero-order valence-electron chi connectivity index (χ0n) is 6.73. The first-order chi connectivity index (χ1) is 6.45. The molecule has 0 saturated carbocycles. The number of aromatic nitrogens is 2. The van der Waals surface area contributed by atoms with Crippen molar-refractivity contribution in [2.75, 3.05) is 5.43 Å². The van der Waals surface area contributed by atoms with Gasteiger partial charge < -0.3 is 0 Å².